The Bertz CT molecular complexity index is 1240. The SMILES string of the molecule is S=c1n(CN2CCOCC2)nc(-c2cccnc2)n1N=Cc1c[nH]c2ccccc12. The average molecular weight is 420 g/mol. The first-order valence-corrected chi connectivity index (χ1v) is 10.2. The zero-order valence-corrected chi connectivity index (χ0v) is 17.1. The van der Waals surface area contributed by atoms with Crippen molar-refractivity contribution in [2.75, 3.05) is 26.3 Å². The summed E-state index contributed by atoms with van der Waals surface area (Å²) in [6, 6.07) is 12.0. The minimum Gasteiger partial charge on any atom is -0.379 e. The predicted molar refractivity (Wildman–Crippen MR) is 118 cm³/mol. The van der Waals surface area contributed by atoms with Gasteiger partial charge in [-0.3, -0.25) is 9.88 Å². The van der Waals surface area contributed by atoms with Gasteiger partial charge in [-0.25, -0.2) is 4.68 Å². The first-order valence-electron chi connectivity index (χ1n) is 9.80. The lowest BCUT2D eigenvalue weighted by molar-refractivity contribution is 0.0210. The van der Waals surface area contributed by atoms with E-state index in [1.807, 2.05) is 47.4 Å². The molecule has 9 heteroatoms. The Labute approximate surface area is 178 Å². The van der Waals surface area contributed by atoms with Crippen LogP contribution < -0.4 is 0 Å². The first-order chi connectivity index (χ1) is 14.8. The van der Waals surface area contributed by atoms with Gasteiger partial charge >= 0.3 is 0 Å². The van der Waals surface area contributed by atoms with Crippen LogP contribution in [0.25, 0.3) is 22.3 Å². The van der Waals surface area contributed by atoms with Crippen LogP contribution in [0.3, 0.4) is 0 Å². The number of para-hydroxylation sites is 1. The zero-order chi connectivity index (χ0) is 20.3. The number of hydrogen-bond acceptors (Lipinski definition) is 6. The molecule has 1 fully saturated rings. The summed E-state index contributed by atoms with van der Waals surface area (Å²) in [6.07, 6.45) is 7.27. The van der Waals surface area contributed by atoms with Gasteiger partial charge in [-0.1, -0.05) is 18.2 Å². The Hall–Kier alpha value is -3.14. The molecule has 0 saturated carbocycles. The normalized spacial score (nSPS) is 15.3. The number of pyridine rings is 1. The van der Waals surface area contributed by atoms with Crippen molar-refractivity contribution >= 4 is 29.3 Å². The number of hydrogen-bond donors (Lipinski definition) is 1. The topological polar surface area (TPSA) is 76.3 Å². The van der Waals surface area contributed by atoms with Crippen LogP contribution in [0.4, 0.5) is 0 Å². The van der Waals surface area contributed by atoms with Crippen molar-refractivity contribution < 1.29 is 4.74 Å². The minimum absolute atomic E-state index is 0.538. The van der Waals surface area contributed by atoms with Crippen molar-refractivity contribution in [1.82, 2.24) is 29.3 Å². The van der Waals surface area contributed by atoms with Crippen LogP contribution in [0, 0.1) is 4.77 Å². The van der Waals surface area contributed by atoms with Gasteiger partial charge in [0.05, 0.1) is 26.1 Å². The van der Waals surface area contributed by atoms with Gasteiger partial charge in [0.15, 0.2) is 5.82 Å². The van der Waals surface area contributed by atoms with E-state index in [-0.39, 0.29) is 0 Å². The third-order valence-corrected chi connectivity index (χ3v) is 5.49. The Balaban J connectivity index is 1.54. The lowest BCUT2D eigenvalue weighted by Gasteiger charge is -2.25. The highest BCUT2D eigenvalue weighted by Crippen LogP contribution is 2.19. The standard InChI is InChI=1S/C21H21N7OS/c30-21-27(15-26-8-10-29-11-9-26)25-20(16-4-3-7-22-12-16)28(21)24-14-17-13-23-19-6-2-1-5-18(17)19/h1-7,12-14,23H,8-11,15H2. The van der Waals surface area contributed by atoms with Gasteiger partial charge in [0.25, 0.3) is 0 Å². The van der Waals surface area contributed by atoms with E-state index in [1.165, 1.54) is 0 Å². The van der Waals surface area contributed by atoms with Crippen molar-refractivity contribution in [3.63, 3.8) is 0 Å². The number of benzene rings is 1. The third kappa shape index (κ3) is 3.70. The minimum atomic E-state index is 0.538. The fourth-order valence-electron chi connectivity index (χ4n) is 3.52. The molecule has 5 rings (SSSR count). The number of nitrogens with zero attached hydrogens (tertiary/aromatic N) is 6. The van der Waals surface area contributed by atoms with Crippen LogP contribution in [0.15, 0.2) is 60.1 Å². The van der Waals surface area contributed by atoms with E-state index in [1.54, 1.807) is 17.1 Å². The van der Waals surface area contributed by atoms with Gasteiger partial charge in [-0.05, 0) is 30.4 Å². The fourth-order valence-corrected chi connectivity index (χ4v) is 3.76. The zero-order valence-electron chi connectivity index (χ0n) is 16.3. The summed E-state index contributed by atoms with van der Waals surface area (Å²) < 4.78 is 9.50. The molecule has 30 heavy (non-hydrogen) atoms. The highest BCUT2D eigenvalue weighted by atomic mass is 32.1. The molecule has 4 heterocycles. The van der Waals surface area contributed by atoms with Gasteiger partial charge in [-0.15, -0.1) is 5.10 Å². The molecule has 0 spiro atoms. The number of nitrogens with one attached hydrogen (secondary N) is 1. The maximum Gasteiger partial charge on any atom is 0.220 e. The maximum atomic E-state index is 5.74. The molecular formula is C21H21N7OS. The number of aromatic nitrogens is 5. The molecular weight excluding hydrogens is 398 g/mol. The van der Waals surface area contributed by atoms with E-state index in [2.05, 4.69) is 20.9 Å². The number of aromatic amines is 1. The lowest BCUT2D eigenvalue weighted by atomic mass is 10.2. The first kappa shape index (κ1) is 18.9. The van der Waals surface area contributed by atoms with Crippen molar-refractivity contribution in [3.05, 3.63) is 65.3 Å². The van der Waals surface area contributed by atoms with Crippen molar-refractivity contribution in [2.45, 2.75) is 6.67 Å². The molecule has 1 aromatic carbocycles. The molecule has 0 bridgehead atoms. The monoisotopic (exact) mass is 419 g/mol. The Morgan fingerprint density at radius 2 is 2.03 bits per heavy atom. The van der Waals surface area contributed by atoms with E-state index >= 15 is 0 Å². The van der Waals surface area contributed by atoms with Crippen molar-refractivity contribution in [3.8, 4) is 11.4 Å². The average Bonchev–Trinajstić information content (AvgIpc) is 3.35. The molecule has 1 aliphatic rings. The molecule has 0 radical (unpaired) electrons. The van der Waals surface area contributed by atoms with E-state index in [0.717, 1.165) is 48.3 Å². The van der Waals surface area contributed by atoms with Crippen molar-refractivity contribution in [1.29, 1.82) is 0 Å². The van der Waals surface area contributed by atoms with Gasteiger partial charge in [-0.2, -0.15) is 9.78 Å². The maximum absolute atomic E-state index is 5.74. The summed E-state index contributed by atoms with van der Waals surface area (Å²) >= 11 is 5.74. The van der Waals surface area contributed by atoms with Crippen LogP contribution in [0.5, 0.6) is 0 Å². The summed E-state index contributed by atoms with van der Waals surface area (Å²) in [5, 5.41) is 10.6. The highest BCUT2D eigenvalue weighted by Gasteiger charge is 2.16. The summed E-state index contributed by atoms with van der Waals surface area (Å²) in [6.45, 7) is 3.76. The fraction of sp³-hybridized carbons (Fsp3) is 0.238. The van der Waals surface area contributed by atoms with Crippen LogP contribution in [0.1, 0.15) is 5.56 Å². The third-order valence-electron chi connectivity index (χ3n) is 5.11. The quantitative estimate of drug-likeness (QED) is 0.397. The smallest absolute Gasteiger partial charge is 0.220 e. The van der Waals surface area contributed by atoms with Crippen molar-refractivity contribution in [2.24, 2.45) is 5.10 Å². The number of rotatable bonds is 5. The van der Waals surface area contributed by atoms with E-state index < -0.39 is 0 Å². The second kappa shape index (κ2) is 8.31. The van der Waals surface area contributed by atoms with E-state index in [4.69, 9.17) is 27.2 Å². The summed E-state index contributed by atoms with van der Waals surface area (Å²) in [5.41, 5.74) is 2.92. The molecule has 0 aliphatic carbocycles. The molecule has 3 aromatic heterocycles. The number of fused-ring (bicyclic) bond motifs is 1. The Morgan fingerprint density at radius 3 is 2.87 bits per heavy atom. The van der Waals surface area contributed by atoms with Crippen LogP contribution in [-0.4, -0.2) is 61.8 Å². The van der Waals surface area contributed by atoms with E-state index in [9.17, 15) is 0 Å². The van der Waals surface area contributed by atoms with Crippen LogP contribution >= 0.6 is 12.2 Å². The summed E-state index contributed by atoms with van der Waals surface area (Å²) in [5.74, 6) is 0.664. The molecule has 1 aliphatic heterocycles. The molecule has 0 unspecified atom stereocenters. The second-order valence-corrected chi connectivity index (χ2v) is 7.43. The van der Waals surface area contributed by atoms with Gasteiger partial charge in [0.1, 0.15) is 0 Å². The number of ether oxygens (including phenoxy) is 1. The van der Waals surface area contributed by atoms with Gasteiger partial charge < -0.3 is 9.72 Å². The molecule has 1 N–H and O–H groups in total. The molecule has 152 valence electrons. The van der Waals surface area contributed by atoms with Crippen LogP contribution in [-0.2, 0) is 11.4 Å². The number of morpholine rings is 1. The summed E-state index contributed by atoms with van der Waals surface area (Å²) in [7, 11) is 0. The lowest BCUT2D eigenvalue weighted by Crippen LogP contribution is -2.37. The Morgan fingerprint density at radius 1 is 1.17 bits per heavy atom. The highest BCUT2D eigenvalue weighted by molar-refractivity contribution is 7.71. The molecule has 0 amide bonds. The predicted octanol–water partition coefficient (Wildman–Crippen LogP) is 3.13. The Kier molecular flexibility index (Phi) is 5.22. The largest absolute Gasteiger partial charge is 0.379 e. The summed E-state index contributed by atoms with van der Waals surface area (Å²) in [4.78, 5) is 9.77. The van der Waals surface area contributed by atoms with Gasteiger partial charge in [0.2, 0.25) is 4.77 Å². The van der Waals surface area contributed by atoms with Gasteiger partial charge in [0, 0.05) is 53.7 Å². The number of H-pyrrole nitrogens is 1. The molecule has 4 aromatic rings. The molecule has 0 atom stereocenters. The van der Waals surface area contributed by atoms with Crippen LogP contribution in [0.2, 0.25) is 0 Å². The van der Waals surface area contributed by atoms with E-state index in [0.29, 0.717) is 17.3 Å². The second-order valence-electron chi connectivity index (χ2n) is 7.07. The molecule has 8 nitrogen and oxygen atoms in total. The molecule has 1 saturated heterocycles.